The third-order valence-electron chi connectivity index (χ3n) is 2.41. The van der Waals surface area contributed by atoms with Gasteiger partial charge in [0.15, 0.2) is 0 Å². The summed E-state index contributed by atoms with van der Waals surface area (Å²) >= 11 is 0. The molecule has 1 aromatic rings. The fourth-order valence-electron chi connectivity index (χ4n) is 1.64. The van der Waals surface area contributed by atoms with Crippen molar-refractivity contribution in [1.82, 2.24) is 4.90 Å². The SMILES string of the molecule is COc1ccc(CN(CCN)CC(F)(F)F)cc1. The van der Waals surface area contributed by atoms with E-state index in [1.807, 2.05) is 0 Å². The van der Waals surface area contributed by atoms with Crippen LogP contribution in [0, 0.1) is 0 Å². The average Bonchev–Trinajstić information content (AvgIpc) is 2.28. The lowest BCUT2D eigenvalue weighted by Gasteiger charge is -2.23. The molecule has 0 aliphatic carbocycles. The van der Waals surface area contributed by atoms with Gasteiger partial charge in [0.05, 0.1) is 13.7 Å². The predicted molar refractivity (Wildman–Crippen MR) is 63.4 cm³/mol. The highest BCUT2D eigenvalue weighted by Gasteiger charge is 2.30. The molecule has 0 atom stereocenters. The molecule has 0 aliphatic heterocycles. The van der Waals surface area contributed by atoms with E-state index in [2.05, 4.69) is 0 Å². The molecule has 0 saturated heterocycles. The fourth-order valence-corrected chi connectivity index (χ4v) is 1.64. The van der Waals surface area contributed by atoms with Crippen molar-refractivity contribution in [3.63, 3.8) is 0 Å². The van der Waals surface area contributed by atoms with Crippen molar-refractivity contribution < 1.29 is 17.9 Å². The average molecular weight is 262 g/mol. The van der Waals surface area contributed by atoms with Crippen LogP contribution in [0.5, 0.6) is 5.75 Å². The van der Waals surface area contributed by atoms with Crippen LogP contribution in [0.25, 0.3) is 0 Å². The van der Waals surface area contributed by atoms with E-state index in [0.29, 0.717) is 5.75 Å². The van der Waals surface area contributed by atoms with Crippen LogP contribution in [0.4, 0.5) is 13.2 Å². The summed E-state index contributed by atoms with van der Waals surface area (Å²) in [6, 6.07) is 6.95. The first-order chi connectivity index (χ1) is 8.44. The number of hydrogen-bond donors (Lipinski definition) is 1. The largest absolute Gasteiger partial charge is 0.497 e. The first-order valence-electron chi connectivity index (χ1n) is 5.56. The molecule has 1 rings (SSSR count). The van der Waals surface area contributed by atoms with Crippen LogP contribution in [-0.4, -0.2) is 37.8 Å². The van der Waals surface area contributed by atoms with Crippen LogP contribution in [0.1, 0.15) is 5.56 Å². The van der Waals surface area contributed by atoms with Crippen molar-refractivity contribution in [3.8, 4) is 5.75 Å². The van der Waals surface area contributed by atoms with Gasteiger partial charge in [0.2, 0.25) is 0 Å². The van der Waals surface area contributed by atoms with Crippen LogP contribution < -0.4 is 10.5 Å². The minimum Gasteiger partial charge on any atom is -0.497 e. The Kier molecular flexibility index (Phi) is 5.43. The van der Waals surface area contributed by atoms with Crippen molar-refractivity contribution in [3.05, 3.63) is 29.8 Å². The standard InChI is InChI=1S/C12H17F3N2O/c1-18-11-4-2-10(3-5-11)8-17(7-6-16)9-12(13,14)15/h2-5H,6-9,16H2,1H3. The molecule has 2 N–H and O–H groups in total. The number of nitrogens with two attached hydrogens (primary N) is 1. The molecule has 18 heavy (non-hydrogen) atoms. The Morgan fingerprint density at radius 2 is 1.83 bits per heavy atom. The van der Waals surface area contributed by atoms with Gasteiger partial charge in [-0.3, -0.25) is 4.90 Å². The highest BCUT2D eigenvalue weighted by molar-refractivity contribution is 5.27. The monoisotopic (exact) mass is 262 g/mol. The molecule has 0 radical (unpaired) electrons. The first kappa shape index (κ1) is 14.8. The quantitative estimate of drug-likeness (QED) is 0.852. The summed E-state index contributed by atoms with van der Waals surface area (Å²) in [5, 5.41) is 0. The van der Waals surface area contributed by atoms with E-state index in [-0.39, 0.29) is 19.6 Å². The molecular weight excluding hydrogens is 245 g/mol. The number of ether oxygens (including phenoxy) is 1. The van der Waals surface area contributed by atoms with Gasteiger partial charge in [-0.2, -0.15) is 13.2 Å². The number of hydrogen-bond acceptors (Lipinski definition) is 3. The minimum atomic E-state index is -4.21. The van der Waals surface area contributed by atoms with Crippen molar-refractivity contribution in [2.45, 2.75) is 12.7 Å². The highest BCUT2D eigenvalue weighted by atomic mass is 19.4. The Morgan fingerprint density at radius 3 is 2.28 bits per heavy atom. The zero-order chi connectivity index (χ0) is 13.6. The number of methoxy groups -OCH3 is 1. The lowest BCUT2D eigenvalue weighted by Crippen LogP contribution is -2.37. The molecule has 3 nitrogen and oxygen atoms in total. The maximum atomic E-state index is 12.3. The second-order valence-electron chi connectivity index (χ2n) is 3.96. The number of halogens is 3. The second kappa shape index (κ2) is 6.61. The summed E-state index contributed by atoms with van der Waals surface area (Å²) in [6.45, 7) is -0.311. The van der Waals surface area contributed by atoms with Gasteiger partial charge >= 0.3 is 6.18 Å². The number of nitrogens with zero attached hydrogens (tertiary/aromatic N) is 1. The van der Waals surface area contributed by atoms with Crippen LogP contribution >= 0.6 is 0 Å². The van der Waals surface area contributed by atoms with E-state index in [4.69, 9.17) is 10.5 Å². The second-order valence-corrected chi connectivity index (χ2v) is 3.96. The molecule has 0 bridgehead atoms. The molecule has 0 saturated carbocycles. The highest BCUT2D eigenvalue weighted by Crippen LogP contribution is 2.19. The summed E-state index contributed by atoms with van der Waals surface area (Å²) in [5.41, 5.74) is 6.12. The lowest BCUT2D eigenvalue weighted by molar-refractivity contribution is -0.146. The predicted octanol–water partition coefficient (Wildman–Crippen LogP) is 2.02. The molecule has 102 valence electrons. The molecule has 0 heterocycles. The molecule has 0 fully saturated rings. The van der Waals surface area contributed by atoms with Gasteiger partial charge in [-0.1, -0.05) is 12.1 Å². The molecule has 0 unspecified atom stereocenters. The third kappa shape index (κ3) is 5.37. The van der Waals surface area contributed by atoms with Crippen molar-refractivity contribution in [2.24, 2.45) is 5.73 Å². The van der Waals surface area contributed by atoms with Gasteiger partial charge in [0, 0.05) is 19.6 Å². The van der Waals surface area contributed by atoms with Crippen molar-refractivity contribution >= 4 is 0 Å². The Labute approximate surface area is 104 Å². The topological polar surface area (TPSA) is 38.5 Å². The summed E-state index contributed by atoms with van der Waals surface area (Å²) in [5.74, 6) is 0.681. The maximum Gasteiger partial charge on any atom is 0.401 e. The van der Waals surface area contributed by atoms with E-state index in [0.717, 1.165) is 5.56 Å². The Morgan fingerprint density at radius 1 is 1.22 bits per heavy atom. The molecule has 0 spiro atoms. The first-order valence-corrected chi connectivity index (χ1v) is 5.56. The lowest BCUT2D eigenvalue weighted by atomic mass is 10.2. The molecule has 0 aliphatic rings. The fraction of sp³-hybridized carbons (Fsp3) is 0.500. The Balaban J connectivity index is 2.64. The maximum absolute atomic E-state index is 12.3. The number of benzene rings is 1. The summed E-state index contributed by atoms with van der Waals surface area (Å²) in [6.07, 6.45) is -4.21. The van der Waals surface area contributed by atoms with Gasteiger partial charge in [-0.15, -0.1) is 0 Å². The smallest absolute Gasteiger partial charge is 0.401 e. The van der Waals surface area contributed by atoms with Crippen molar-refractivity contribution in [2.75, 3.05) is 26.7 Å². The van der Waals surface area contributed by atoms with Gasteiger partial charge in [-0.05, 0) is 17.7 Å². The van der Waals surface area contributed by atoms with Gasteiger partial charge < -0.3 is 10.5 Å². The summed E-state index contributed by atoms with van der Waals surface area (Å²) in [4.78, 5) is 1.28. The van der Waals surface area contributed by atoms with E-state index in [1.54, 1.807) is 31.4 Å². The van der Waals surface area contributed by atoms with E-state index in [9.17, 15) is 13.2 Å². The van der Waals surface area contributed by atoms with E-state index in [1.165, 1.54) is 4.90 Å². The van der Waals surface area contributed by atoms with E-state index < -0.39 is 12.7 Å². The van der Waals surface area contributed by atoms with Gasteiger partial charge in [-0.25, -0.2) is 0 Å². The normalized spacial score (nSPS) is 11.9. The Hall–Kier alpha value is -1.27. The minimum absolute atomic E-state index is 0.201. The van der Waals surface area contributed by atoms with E-state index >= 15 is 0 Å². The van der Waals surface area contributed by atoms with Gasteiger partial charge in [0.1, 0.15) is 5.75 Å². The van der Waals surface area contributed by atoms with Crippen LogP contribution in [0.3, 0.4) is 0 Å². The Bertz CT molecular complexity index is 351. The summed E-state index contributed by atoms with van der Waals surface area (Å²) < 4.78 is 42.0. The number of rotatable bonds is 6. The summed E-state index contributed by atoms with van der Waals surface area (Å²) in [7, 11) is 1.54. The van der Waals surface area contributed by atoms with Crippen molar-refractivity contribution in [1.29, 1.82) is 0 Å². The van der Waals surface area contributed by atoms with Crippen LogP contribution in [0.2, 0.25) is 0 Å². The molecular formula is C12H17F3N2O. The number of alkyl halides is 3. The molecule has 6 heteroatoms. The molecule has 0 amide bonds. The third-order valence-corrected chi connectivity index (χ3v) is 2.41. The molecule has 1 aromatic carbocycles. The van der Waals surface area contributed by atoms with Crippen LogP contribution in [-0.2, 0) is 6.54 Å². The van der Waals surface area contributed by atoms with Gasteiger partial charge in [0.25, 0.3) is 0 Å². The zero-order valence-electron chi connectivity index (χ0n) is 10.2. The zero-order valence-corrected chi connectivity index (χ0v) is 10.2. The van der Waals surface area contributed by atoms with Crippen LogP contribution in [0.15, 0.2) is 24.3 Å². The molecule has 0 aromatic heterocycles.